The van der Waals surface area contributed by atoms with Crippen LogP contribution in [0.5, 0.6) is 0 Å². The molecule has 0 aromatic heterocycles. The molecule has 0 radical (unpaired) electrons. The maximum Gasteiger partial charge on any atom is 0.0454 e. The normalized spacial score (nSPS) is 18.2. The van der Waals surface area contributed by atoms with Crippen molar-refractivity contribution in [1.29, 1.82) is 0 Å². The fraction of sp³-hybridized carbons (Fsp3) is 0.600. The third-order valence-electron chi connectivity index (χ3n) is 4.02. The standard InChI is InChI=1S/C15H21Cl2N/c1-18-15(9-6-11-4-2-3-5-11)13-10-12(16)7-8-14(13)17/h7-8,10-11,15,18H,2-6,9H2,1H3. The summed E-state index contributed by atoms with van der Waals surface area (Å²) < 4.78 is 0. The van der Waals surface area contributed by atoms with E-state index in [2.05, 4.69) is 5.32 Å². The molecule has 2 rings (SSSR count). The van der Waals surface area contributed by atoms with Crippen LogP contribution in [0.4, 0.5) is 0 Å². The van der Waals surface area contributed by atoms with Crippen molar-refractivity contribution in [1.82, 2.24) is 5.32 Å². The molecule has 0 heterocycles. The van der Waals surface area contributed by atoms with Gasteiger partial charge in [-0.15, -0.1) is 0 Å². The number of hydrogen-bond donors (Lipinski definition) is 1. The molecule has 1 aromatic carbocycles. The average Bonchev–Trinajstić information content (AvgIpc) is 2.87. The van der Waals surface area contributed by atoms with Gasteiger partial charge in [0.1, 0.15) is 0 Å². The van der Waals surface area contributed by atoms with E-state index in [1.807, 2.05) is 25.2 Å². The minimum absolute atomic E-state index is 0.316. The van der Waals surface area contributed by atoms with Gasteiger partial charge in [-0.1, -0.05) is 48.9 Å². The molecule has 3 heteroatoms. The number of halogens is 2. The van der Waals surface area contributed by atoms with Gasteiger partial charge in [-0.05, 0) is 49.6 Å². The van der Waals surface area contributed by atoms with Crippen LogP contribution in [0.25, 0.3) is 0 Å². The van der Waals surface area contributed by atoms with Crippen LogP contribution in [-0.4, -0.2) is 7.05 Å². The Hall–Kier alpha value is -0.240. The van der Waals surface area contributed by atoms with E-state index < -0.39 is 0 Å². The Morgan fingerprint density at radius 2 is 2.00 bits per heavy atom. The van der Waals surface area contributed by atoms with Crippen molar-refractivity contribution in [2.24, 2.45) is 5.92 Å². The predicted octanol–water partition coefficient (Wildman–Crippen LogP) is 5.22. The van der Waals surface area contributed by atoms with Crippen molar-refractivity contribution >= 4 is 23.2 Å². The fourth-order valence-corrected chi connectivity index (χ4v) is 3.37. The molecule has 18 heavy (non-hydrogen) atoms. The molecule has 1 atom stereocenters. The first-order valence-electron chi connectivity index (χ1n) is 6.83. The Balaban J connectivity index is 2.00. The van der Waals surface area contributed by atoms with E-state index in [1.165, 1.54) is 32.1 Å². The summed E-state index contributed by atoms with van der Waals surface area (Å²) in [6.45, 7) is 0. The van der Waals surface area contributed by atoms with Gasteiger partial charge >= 0.3 is 0 Å². The van der Waals surface area contributed by atoms with E-state index in [9.17, 15) is 0 Å². The molecule has 1 unspecified atom stereocenters. The largest absolute Gasteiger partial charge is 0.313 e. The zero-order valence-corrected chi connectivity index (χ0v) is 12.4. The topological polar surface area (TPSA) is 12.0 Å². The van der Waals surface area contributed by atoms with Crippen LogP contribution in [0.3, 0.4) is 0 Å². The van der Waals surface area contributed by atoms with Gasteiger partial charge in [0.05, 0.1) is 0 Å². The van der Waals surface area contributed by atoms with Crippen LogP contribution in [0.1, 0.15) is 50.1 Å². The Morgan fingerprint density at radius 3 is 2.67 bits per heavy atom. The molecular formula is C15H21Cl2N. The molecular weight excluding hydrogens is 265 g/mol. The van der Waals surface area contributed by atoms with Gasteiger partial charge in [-0.3, -0.25) is 0 Å². The van der Waals surface area contributed by atoms with Gasteiger partial charge in [0, 0.05) is 16.1 Å². The second-order valence-corrected chi connectivity index (χ2v) is 6.08. The highest BCUT2D eigenvalue weighted by molar-refractivity contribution is 6.33. The summed E-state index contributed by atoms with van der Waals surface area (Å²) >= 11 is 12.3. The van der Waals surface area contributed by atoms with E-state index >= 15 is 0 Å². The number of nitrogens with one attached hydrogen (secondary N) is 1. The summed E-state index contributed by atoms with van der Waals surface area (Å²) in [5.74, 6) is 0.916. The Morgan fingerprint density at radius 1 is 1.28 bits per heavy atom. The zero-order chi connectivity index (χ0) is 13.0. The average molecular weight is 286 g/mol. The Bertz CT molecular complexity index is 386. The van der Waals surface area contributed by atoms with E-state index in [4.69, 9.17) is 23.2 Å². The summed E-state index contributed by atoms with van der Waals surface area (Å²) in [5.41, 5.74) is 1.13. The molecule has 1 aromatic rings. The molecule has 0 saturated heterocycles. The molecule has 1 aliphatic rings. The summed E-state index contributed by atoms with van der Waals surface area (Å²) in [4.78, 5) is 0. The lowest BCUT2D eigenvalue weighted by molar-refractivity contribution is 0.427. The Labute approximate surface area is 120 Å². The van der Waals surface area contributed by atoms with Crippen molar-refractivity contribution < 1.29 is 0 Å². The molecule has 1 N–H and O–H groups in total. The van der Waals surface area contributed by atoms with Crippen LogP contribution < -0.4 is 5.32 Å². The smallest absolute Gasteiger partial charge is 0.0454 e. The number of benzene rings is 1. The molecule has 0 amide bonds. The lowest BCUT2D eigenvalue weighted by Gasteiger charge is -2.20. The third kappa shape index (κ3) is 3.63. The summed E-state index contributed by atoms with van der Waals surface area (Å²) in [5, 5.41) is 4.94. The van der Waals surface area contributed by atoms with Crippen LogP contribution >= 0.6 is 23.2 Å². The lowest BCUT2D eigenvalue weighted by Crippen LogP contribution is -2.17. The van der Waals surface area contributed by atoms with Crippen molar-refractivity contribution in [3.8, 4) is 0 Å². The van der Waals surface area contributed by atoms with Crippen LogP contribution in [0.15, 0.2) is 18.2 Å². The number of rotatable bonds is 5. The summed E-state index contributed by atoms with van der Waals surface area (Å²) in [6.07, 6.45) is 8.05. The SMILES string of the molecule is CNC(CCC1CCCC1)c1cc(Cl)ccc1Cl. The van der Waals surface area contributed by atoms with Crippen LogP contribution in [-0.2, 0) is 0 Å². The fourth-order valence-electron chi connectivity index (χ4n) is 2.94. The van der Waals surface area contributed by atoms with E-state index in [0.717, 1.165) is 27.9 Å². The van der Waals surface area contributed by atoms with Crippen molar-refractivity contribution in [3.05, 3.63) is 33.8 Å². The lowest BCUT2D eigenvalue weighted by atomic mass is 9.95. The van der Waals surface area contributed by atoms with Gasteiger partial charge in [-0.25, -0.2) is 0 Å². The summed E-state index contributed by atoms with van der Waals surface area (Å²) in [7, 11) is 2.00. The molecule has 100 valence electrons. The van der Waals surface area contributed by atoms with Crippen LogP contribution in [0.2, 0.25) is 10.0 Å². The van der Waals surface area contributed by atoms with Gasteiger partial charge in [0.15, 0.2) is 0 Å². The third-order valence-corrected chi connectivity index (χ3v) is 4.60. The Kier molecular flexibility index (Phi) is 5.35. The first-order chi connectivity index (χ1) is 8.70. The van der Waals surface area contributed by atoms with E-state index in [1.54, 1.807) is 0 Å². The van der Waals surface area contributed by atoms with Crippen molar-refractivity contribution in [2.75, 3.05) is 7.05 Å². The van der Waals surface area contributed by atoms with Crippen LogP contribution in [0, 0.1) is 5.92 Å². The van der Waals surface area contributed by atoms with Gasteiger partial charge in [0.2, 0.25) is 0 Å². The second kappa shape index (κ2) is 6.79. The zero-order valence-electron chi connectivity index (χ0n) is 10.9. The first kappa shape index (κ1) is 14.2. The maximum atomic E-state index is 6.27. The van der Waals surface area contributed by atoms with Gasteiger partial charge < -0.3 is 5.32 Å². The number of hydrogen-bond acceptors (Lipinski definition) is 1. The van der Waals surface area contributed by atoms with Gasteiger partial charge in [0.25, 0.3) is 0 Å². The highest BCUT2D eigenvalue weighted by Gasteiger charge is 2.19. The second-order valence-electron chi connectivity index (χ2n) is 5.23. The molecule has 1 fully saturated rings. The molecule has 1 saturated carbocycles. The maximum absolute atomic E-state index is 6.27. The van der Waals surface area contributed by atoms with Gasteiger partial charge in [-0.2, -0.15) is 0 Å². The summed E-state index contributed by atoms with van der Waals surface area (Å²) in [6, 6.07) is 6.03. The van der Waals surface area contributed by atoms with E-state index in [0.29, 0.717) is 6.04 Å². The monoisotopic (exact) mass is 285 g/mol. The van der Waals surface area contributed by atoms with E-state index in [-0.39, 0.29) is 0 Å². The van der Waals surface area contributed by atoms with Crippen molar-refractivity contribution in [2.45, 2.75) is 44.6 Å². The molecule has 0 aliphatic heterocycles. The minimum Gasteiger partial charge on any atom is -0.313 e. The molecule has 1 nitrogen and oxygen atoms in total. The molecule has 0 bridgehead atoms. The molecule has 1 aliphatic carbocycles. The molecule has 0 spiro atoms. The minimum atomic E-state index is 0.316. The predicted molar refractivity (Wildman–Crippen MR) is 79.5 cm³/mol. The highest BCUT2D eigenvalue weighted by Crippen LogP contribution is 2.33. The van der Waals surface area contributed by atoms with Crippen molar-refractivity contribution in [3.63, 3.8) is 0 Å². The first-order valence-corrected chi connectivity index (χ1v) is 7.58. The quantitative estimate of drug-likeness (QED) is 0.782. The highest BCUT2D eigenvalue weighted by atomic mass is 35.5.